The number of nitrogens with zero attached hydrogens (tertiary/aromatic N) is 1. The van der Waals surface area contributed by atoms with Gasteiger partial charge in [0.15, 0.2) is 0 Å². The number of rotatable bonds is 13. The molecule has 2 N–H and O–H groups in total. The maximum absolute atomic E-state index is 13.4. The first-order valence-electron chi connectivity index (χ1n) is 15.4. The molecule has 0 aliphatic heterocycles. The molecular formula is C38H31Cl3N2O5S. The number of benzene rings is 5. The number of fused-ring (bicyclic) bond motifs is 1. The molecule has 0 saturated carbocycles. The highest BCUT2D eigenvalue weighted by molar-refractivity contribution is 7.89. The van der Waals surface area contributed by atoms with E-state index in [-0.39, 0.29) is 34.7 Å². The minimum atomic E-state index is -3.97. The summed E-state index contributed by atoms with van der Waals surface area (Å²) in [5.41, 5.74) is 5.07. The first-order chi connectivity index (χ1) is 23.6. The maximum Gasteiger partial charge on any atom is 0.335 e. The molecule has 0 aliphatic rings. The third kappa shape index (κ3) is 7.80. The fourth-order valence-corrected chi connectivity index (χ4v) is 8.03. The van der Waals surface area contributed by atoms with Crippen LogP contribution in [0.2, 0.25) is 15.1 Å². The molecule has 5 aromatic carbocycles. The number of nitrogens with one attached hydrogen (secondary N) is 1. The number of sulfonamides is 1. The van der Waals surface area contributed by atoms with Gasteiger partial charge in [-0.25, -0.2) is 17.9 Å². The van der Waals surface area contributed by atoms with Crippen molar-refractivity contribution in [2.45, 2.75) is 23.8 Å². The van der Waals surface area contributed by atoms with Gasteiger partial charge in [-0.2, -0.15) is 0 Å². The number of hydrogen-bond acceptors (Lipinski definition) is 4. The van der Waals surface area contributed by atoms with Crippen molar-refractivity contribution in [1.82, 2.24) is 9.29 Å². The van der Waals surface area contributed by atoms with Gasteiger partial charge in [-0.15, -0.1) is 0 Å². The number of carboxylic acid groups (broad SMARTS) is 1. The van der Waals surface area contributed by atoms with Crippen LogP contribution in [0.5, 0.6) is 5.75 Å². The lowest BCUT2D eigenvalue weighted by Crippen LogP contribution is -2.27. The Morgan fingerprint density at radius 3 is 2.00 bits per heavy atom. The lowest BCUT2D eigenvalue weighted by atomic mass is 9.97. The van der Waals surface area contributed by atoms with Crippen LogP contribution in [0.3, 0.4) is 0 Å². The molecule has 250 valence electrons. The fourth-order valence-electron chi connectivity index (χ4n) is 6.05. The van der Waals surface area contributed by atoms with E-state index >= 15 is 0 Å². The summed E-state index contributed by atoms with van der Waals surface area (Å²) in [4.78, 5) is 11.3. The summed E-state index contributed by atoms with van der Waals surface area (Å²) in [5.74, 6) is -0.478. The molecule has 0 atom stereocenters. The Morgan fingerprint density at radius 2 is 1.39 bits per heavy atom. The molecule has 49 heavy (non-hydrogen) atoms. The highest BCUT2D eigenvalue weighted by Gasteiger charge is 2.26. The second-order valence-electron chi connectivity index (χ2n) is 11.3. The van der Waals surface area contributed by atoms with Crippen molar-refractivity contribution in [2.24, 2.45) is 0 Å². The monoisotopic (exact) mass is 732 g/mol. The van der Waals surface area contributed by atoms with E-state index in [1.54, 1.807) is 12.1 Å². The highest BCUT2D eigenvalue weighted by Crippen LogP contribution is 2.38. The number of hydrogen-bond donors (Lipinski definition) is 2. The minimum absolute atomic E-state index is 0.0335. The minimum Gasteiger partial charge on any atom is -0.493 e. The molecule has 0 saturated heterocycles. The van der Waals surface area contributed by atoms with E-state index in [1.807, 2.05) is 54.6 Å². The lowest BCUT2D eigenvalue weighted by molar-refractivity contribution is 0.0697. The van der Waals surface area contributed by atoms with Crippen LogP contribution in [0.4, 0.5) is 0 Å². The average molecular weight is 734 g/mol. The molecule has 0 unspecified atom stereocenters. The predicted molar refractivity (Wildman–Crippen MR) is 195 cm³/mol. The maximum atomic E-state index is 13.4. The van der Waals surface area contributed by atoms with E-state index in [2.05, 4.69) is 33.6 Å². The third-order valence-electron chi connectivity index (χ3n) is 8.23. The van der Waals surface area contributed by atoms with Crippen molar-refractivity contribution < 1.29 is 23.1 Å². The summed E-state index contributed by atoms with van der Waals surface area (Å²) < 4.78 is 37.9. The second kappa shape index (κ2) is 15.1. The van der Waals surface area contributed by atoms with Crippen LogP contribution in [0.15, 0.2) is 126 Å². The Balaban J connectivity index is 1.43. The number of halogens is 3. The van der Waals surface area contributed by atoms with Crippen molar-refractivity contribution in [3.05, 3.63) is 164 Å². The molecule has 0 spiro atoms. The van der Waals surface area contributed by atoms with Gasteiger partial charge in [-0.05, 0) is 77.4 Å². The van der Waals surface area contributed by atoms with Gasteiger partial charge >= 0.3 is 5.97 Å². The standard InChI is InChI=1S/C38H31Cl3N2O5S/c39-28-13-17-34-32(23-28)31(20-22-48-30-15-11-27(12-16-30)38(44)45)35(19-21-42-49(46,47)36-18-14-29(40)24-33(36)41)43(34)37(25-7-3-1-4-8-25)26-9-5-2-6-10-26/h1-18,23-24,37,42H,19-22H2,(H,44,45). The van der Waals surface area contributed by atoms with Crippen LogP contribution < -0.4 is 9.46 Å². The summed E-state index contributed by atoms with van der Waals surface area (Å²) in [7, 11) is -3.97. The van der Waals surface area contributed by atoms with E-state index in [9.17, 15) is 18.3 Å². The van der Waals surface area contributed by atoms with Gasteiger partial charge in [-0.1, -0.05) is 95.5 Å². The smallest absolute Gasteiger partial charge is 0.335 e. The molecule has 11 heteroatoms. The molecule has 6 rings (SSSR count). The van der Waals surface area contributed by atoms with Crippen LogP contribution in [-0.4, -0.2) is 37.2 Å². The number of carbonyl (C=O) groups is 1. The molecular weight excluding hydrogens is 703 g/mol. The molecule has 0 radical (unpaired) electrons. The highest BCUT2D eigenvalue weighted by atomic mass is 35.5. The van der Waals surface area contributed by atoms with Gasteiger partial charge < -0.3 is 14.4 Å². The largest absolute Gasteiger partial charge is 0.493 e. The Kier molecular flexibility index (Phi) is 10.6. The zero-order valence-corrected chi connectivity index (χ0v) is 29.1. The van der Waals surface area contributed by atoms with Crippen LogP contribution in [-0.2, 0) is 22.9 Å². The van der Waals surface area contributed by atoms with E-state index in [0.717, 1.165) is 33.3 Å². The SMILES string of the molecule is O=C(O)c1ccc(OCCc2c(CCNS(=O)(=O)c3ccc(Cl)cc3Cl)n(C(c3ccccc3)c3ccccc3)c3ccc(Cl)cc23)cc1. The molecule has 7 nitrogen and oxygen atoms in total. The summed E-state index contributed by atoms with van der Waals surface area (Å²) >= 11 is 18.9. The normalized spacial score (nSPS) is 11.7. The van der Waals surface area contributed by atoms with Crippen molar-refractivity contribution in [3.8, 4) is 5.75 Å². The van der Waals surface area contributed by atoms with Gasteiger partial charge in [-0.3, -0.25) is 0 Å². The number of ether oxygens (including phenoxy) is 1. The molecule has 0 bridgehead atoms. The number of aromatic carboxylic acids is 1. The zero-order valence-electron chi connectivity index (χ0n) is 26.0. The van der Waals surface area contributed by atoms with E-state index < -0.39 is 16.0 Å². The molecule has 1 heterocycles. The van der Waals surface area contributed by atoms with Crippen molar-refractivity contribution in [1.29, 1.82) is 0 Å². The topological polar surface area (TPSA) is 97.6 Å². The number of aromatic nitrogens is 1. The summed E-state index contributed by atoms with van der Waals surface area (Å²) in [6, 6.07) is 36.3. The van der Waals surface area contributed by atoms with E-state index in [0.29, 0.717) is 28.6 Å². The fraction of sp³-hybridized carbons (Fsp3) is 0.132. The third-order valence-corrected chi connectivity index (χ3v) is 10.6. The zero-order chi connectivity index (χ0) is 34.5. The van der Waals surface area contributed by atoms with Crippen molar-refractivity contribution >= 4 is 61.7 Å². The Bertz CT molecular complexity index is 2170. The molecule has 0 amide bonds. The van der Waals surface area contributed by atoms with Gasteiger partial charge in [0, 0.05) is 46.0 Å². The molecule has 1 aromatic heterocycles. The predicted octanol–water partition coefficient (Wildman–Crippen LogP) is 9.08. The Labute approximate surface area is 299 Å². The van der Waals surface area contributed by atoms with Gasteiger partial charge in [0.05, 0.1) is 23.2 Å². The molecule has 0 aliphatic carbocycles. The molecule has 6 aromatic rings. The van der Waals surface area contributed by atoms with Gasteiger partial charge in [0.25, 0.3) is 0 Å². The van der Waals surface area contributed by atoms with Crippen molar-refractivity contribution in [3.63, 3.8) is 0 Å². The summed E-state index contributed by atoms with van der Waals surface area (Å²) in [6.07, 6.45) is 0.793. The Hall–Kier alpha value is -4.31. The van der Waals surface area contributed by atoms with E-state index in [1.165, 1.54) is 30.3 Å². The van der Waals surface area contributed by atoms with Crippen LogP contribution in [0, 0.1) is 0 Å². The average Bonchev–Trinajstić information content (AvgIpc) is 3.37. The van der Waals surface area contributed by atoms with Gasteiger partial charge in [0.2, 0.25) is 10.0 Å². The first kappa shape index (κ1) is 34.5. The number of carboxylic acids is 1. The van der Waals surface area contributed by atoms with Crippen LogP contribution in [0.1, 0.15) is 38.8 Å². The van der Waals surface area contributed by atoms with Gasteiger partial charge in [0.1, 0.15) is 10.6 Å². The van der Waals surface area contributed by atoms with Crippen molar-refractivity contribution in [2.75, 3.05) is 13.2 Å². The first-order valence-corrected chi connectivity index (χ1v) is 18.1. The Morgan fingerprint density at radius 1 is 0.776 bits per heavy atom. The quantitative estimate of drug-likeness (QED) is 0.123. The molecule has 0 fully saturated rings. The van der Waals surface area contributed by atoms with Crippen LogP contribution in [0.25, 0.3) is 10.9 Å². The lowest BCUT2D eigenvalue weighted by Gasteiger charge is -2.25. The summed E-state index contributed by atoms with van der Waals surface area (Å²) in [6.45, 7) is 0.352. The second-order valence-corrected chi connectivity index (χ2v) is 14.3. The summed E-state index contributed by atoms with van der Waals surface area (Å²) in [5, 5.41) is 11.1. The van der Waals surface area contributed by atoms with E-state index in [4.69, 9.17) is 39.5 Å². The van der Waals surface area contributed by atoms with Crippen LogP contribution >= 0.6 is 34.8 Å².